The van der Waals surface area contributed by atoms with E-state index in [0.717, 1.165) is 19.3 Å². The molecule has 0 saturated carbocycles. The van der Waals surface area contributed by atoms with Gasteiger partial charge in [-0.1, -0.05) is 25.8 Å². The Balaban J connectivity index is 3.17. The molecule has 0 fully saturated rings. The maximum atomic E-state index is 10.7. The molecule has 11 heavy (non-hydrogen) atoms. The quantitative estimate of drug-likeness (QED) is 0.345. The van der Waals surface area contributed by atoms with Crippen LogP contribution in [0, 0.1) is 6.92 Å². The first-order chi connectivity index (χ1) is 5.31. The van der Waals surface area contributed by atoms with Gasteiger partial charge in [-0.3, -0.25) is 0 Å². The van der Waals surface area contributed by atoms with Crippen LogP contribution >= 0.6 is 0 Å². The van der Waals surface area contributed by atoms with Crippen LogP contribution in [0.4, 0.5) is 0 Å². The summed E-state index contributed by atoms with van der Waals surface area (Å²) < 4.78 is 4.83. The molecule has 0 atom stereocenters. The minimum absolute atomic E-state index is 0.253. The van der Waals surface area contributed by atoms with Crippen molar-refractivity contribution in [1.29, 1.82) is 0 Å². The lowest BCUT2D eigenvalue weighted by atomic mass is 10.3. The number of carbonyl (C=O) groups is 1. The minimum atomic E-state index is -0.253. The fourth-order valence-corrected chi connectivity index (χ4v) is 0.636. The largest absolute Gasteiger partial charge is 0.463 e. The van der Waals surface area contributed by atoms with Crippen LogP contribution < -0.4 is 0 Å². The third-order valence-electron chi connectivity index (χ3n) is 1.19. The third-order valence-corrected chi connectivity index (χ3v) is 1.19. The zero-order valence-corrected chi connectivity index (χ0v) is 7.01. The molecule has 0 aliphatic heterocycles. The lowest BCUT2D eigenvalue weighted by Crippen LogP contribution is -2.01. The SMILES string of the molecule is [CH2]CCCCOC(=O)/C=C/C. The van der Waals surface area contributed by atoms with E-state index >= 15 is 0 Å². The normalized spacial score (nSPS) is 10.4. The van der Waals surface area contributed by atoms with Crippen molar-refractivity contribution >= 4 is 5.97 Å². The van der Waals surface area contributed by atoms with Crippen LogP contribution in [0.2, 0.25) is 0 Å². The van der Waals surface area contributed by atoms with Crippen molar-refractivity contribution in [1.82, 2.24) is 0 Å². The molecule has 0 heterocycles. The summed E-state index contributed by atoms with van der Waals surface area (Å²) in [4.78, 5) is 10.7. The molecule has 0 aromatic heterocycles. The first-order valence-electron chi connectivity index (χ1n) is 3.90. The molecule has 0 aliphatic carbocycles. The predicted octanol–water partition coefficient (Wildman–Crippen LogP) is 2.11. The van der Waals surface area contributed by atoms with Gasteiger partial charge < -0.3 is 4.74 Å². The molecule has 0 rings (SSSR count). The molecule has 0 unspecified atom stereocenters. The molecular formula is C9H15O2. The van der Waals surface area contributed by atoms with Gasteiger partial charge in [0.1, 0.15) is 0 Å². The summed E-state index contributed by atoms with van der Waals surface area (Å²) in [5, 5.41) is 0. The molecule has 0 spiro atoms. The Bertz CT molecular complexity index is 128. The highest BCUT2D eigenvalue weighted by molar-refractivity contribution is 5.81. The van der Waals surface area contributed by atoms with Crippen molar-refractivity contribution in [3.63, 3.8) is 0 Å². The lowest BCUT2D eigenvalue weighted by molar-refractivity contribution is -0.137. The van der Waals surface area contributed by atoms with Crippen molar-refractivity contribution < 1.29 is 9.53 Å². The summed E-state index contributed by atoms with van der Waals surface area (Å²) in [5.41, 5.74) is 0. The molecule has 0 aromatic rings. The molecular weight excluding hydrogens is 140 g/mol. The van der Waals surface area contributed by atoms with Crippen molar-refractivity contribution in [2.75, 3.05) is 6.61 Å². The summed E-state index contributed by atoms with van der Waals surface area (Å²) in [6, 6.07) is 0. The maximum absolute atomic E-state index is 10.7. The van der Waals surface area contributed by atoms with Crippen molar-refractivity contribution in [2.45, 2.75) is 26.2 Å². The second-order valence-corrected chi connectivity index (χ2v) is 2.23. The first-order valence-corrected chi connectivity index (χ1v) is 3.90. The summed E-state index contributed by atoms with van der Waals surface area (Å²) in [6.07, 6.45) is 5.92. The van der Waals surface area contributed by atoms with E-state index in [2.05, 4.69) is 6.92 Å². The highest BCUT2D eigenvalue weighted by atomic mass is 16.5. The van der Waals surface area contributed by atoms with Crippen LogP contribution in [0.25, 0.3) is 0 Å². The van der Waals surface area contributed by atoms with Crippen LogP contribution in [0.15, 0.2) is 12.2 Å². The molecule has 1 radical (unpaired) electrons. The van der Waals surface area contributed by atoms with Crippen molar-refractivity contribution in [2.24, 2.45) is 0 Å². The standard InChI is InChI=1S/C9H15O2/c1-3-5-6-8-11-9(10)7-4-2/h4,7H,1,3,5-6,8H2,2H3/b7-4+. The summed E-state index contributed by atoms with van der Waals surface area (Å²) in [6.45, 7) is 5.99. The van der Waals surface area contributed by atoms with Gasteiger partial charge in [0.05, 0.1) is 6.61 Å². The van der Waals surface area contributed by atoms with E-state index in [1.165, 1.54) is 6.08 Å². The topological polar surface area (TPSA) is 26.3 Å². The molecule has 0 aromatic carbocycles. The average molecular weight is 155 g/mol. The van der Waals surface area contributed by atoms with Crippen LogP contribution in [0.3, 0.4) is 0 Å². The molecule has 0 aliphatic rings. The van der Waals surface area contributed by atoms with Crippen LogP contribution in [0.1, 0.15) is 26.2 Å². The summed E-state index contributed by atoms with van der Waals surface area (Å²) >= 11 is 0. The van der Waals surface area contributed by atoms with Gasteiger partial charge in [-0.2, -0.15) is 0 Å². The summed E-state index contributed by atoms with van der Waals surface area (Å²) in [5.74, 6) is -0.253. The van der Waals surface area contributed by atoms with E-state index in [-0.39, 0.29) is 5.97 Å². The molecule has 63 valence electrons. The van der Waals surface area contributed by atoms with Crippen LogP contribution in [-0.4, -0.2) is 12.6 Å². The monoisotopic (exact) mass is 155 g/mol. The second kappa shape index (κ2) is 7.32. The number of esters is 1. The van der Waals surface area contributed by atoms with Gasteiger partial charge in [-0.15, -0.1) is 0 Å². The Hall–Kier alpha value is -0.790. The first kappa shape index (κ1) is 10.2. The lowest BCUT2D eigenvalue weighted by Gasteiger charge is -1.99. The number of allylic oxidation sites excluding steroid dienone is 1. The zero-order chi connectivity index (χ0) is 8.53. The van der Waals surface area contributed by atoms with Gasteiger partial charge in [-0.05, 0) is 13.3 Å². The Morgan fingerprint density at radius 2 is 2.27 bits per heavy atom. The number of unbranched alkanes of at least 4 members (excludes halogenated alkanes) is 2. The average Bonchev–Trinajstić information content (AvgIpc) is 1.99. The molecule has 0 amide bonds. The molecule has 2 heteroatoms. The van der Waals surface area contributed by atoms with Crippen molar-refractivity contribution in [3.8, 4) is 0 Å². The zero-order valence-electron chi connectivity index (χ0n) is 7.01. The van der Waals surface area contributed by atoms with Gasteiger partial charge in [0.25, 0.3) is 0 Å². The van der Waals surface area contributed by atoms with E-state index in [1.807, 2.05) is 0 Å². The van der Waals surface area contributed by atoms with Gasteiger partial charge in [0.15, 0.2) is 0 Å². The third kappa shape index (κ3) is 7.10. The van der Waals surface area contributed by atoms with E-state index in [9.17, 15) is 4.79 Å². The predicted molar refractivity (Wildman–Crippen MR) is 45.0 cm³/mol. The number of rotatable bonds is 5. The molecule has 0 saturated heterocycles. The van der Waals surface area contributed by atoms with Gasteiger partial charge in [0, 0.05) is 6.08 Å². The highest BCUT2D eigenvalue weighted by Gasteiger charge is 1.93. The second-order valence-electron chi connectivity index (χ2n) is 2.23. The van der Waals surface area contributed by atoms with E-state index in [0.29, 0.717) is 6.61 Å². The highest BCUT2D eigenvalue weighted by Crippen LogP contribution is 1.94. The van der Waals surface area contributed by atoms with Gasteiger partial charge in [0.2, 0.25) is 0 Å². The van der Waals surface area contributed by atoms with Gasteiger partial charge >= 0.3 is 5.97 Å². The number of carbonyl (C=O) groups excluding carboxylic acids is 1. The molecule has 0 bridgehead atoms. The minimum Gasteiger partial charge on any atom is -0.463 e. The Morgan fingerprint density at radius 3 is 2.82 bits per heavy atom. The Labute approximate surface area is 68.2 Å². The Morgan fingerprint density at radius 1 is 1.55 bits per heavy atom. The fraction of sp³-hybridized carbons (Fsp3) is 0.556. The molecule has 0 N–H and O–H groups in total. The number of hydrogen-bond donors (Lipinski definition) is 0. The van der Waals surface area contributed by atoms with E-state index in [1.54, 1.807) is 13.0 Å². The Kier molecular flexibility index (Phi) is 6.79. The fourth-order valence-electron chi connectivity index (χ4n) is 0.636. The van der Waals surface area contributed by atoms with E-state index < -0.39 is 0 Å². The number of ether oxygens (including phenoxy) is 1. The maximum Gasteiger partial charge on any atom is 0.330 e. The number of hydrogen-bond acceptors (Lipinski definition) is 2. The summed E-state index contributed by atoms with van der Waals surface area (Å²) in [7, 11) is 0. The van der Waals surface area contributed by atoms with Crippen molar-refractivity contribution in [3.05, 3.63) is 19.1 Å². The molecule has 2 nitrogen and oxygen atoms in total. The van der Waals surface area contributed by atoms with E-state index in [4.69, 9.17) is 4.74 Å². The smallest absolute Gasteiger partial charge is 0.330 e. The van der Waals surface area contributed by atoms with Crippen LogP contribution in [-0.2, 0) is 9.53 Å². The van der Waals surface area contributed by atoms with Crippen LogP contribution in [0.5, 0.6) is 0 Å². The van der Waals surface area contributed by atoms with Gasteiger partial charge in [-0.25, -0.2) is 4.79 Å².